The van der Waals surface area contributed by atoms with Crippen molar-refractivity contribution in [3.63, 3.8) is 0 Å². The van der Waals surface area contributed by atoms with Crippen LogP contribution in [0.25, 0.3) is 11.1 Å². The molecule has 2 fully saturated rings. The summed E-state index contributed by atoms with van der Waals surface area (Å²) in [6.45, 7) is 3.15. The van der Waals surface area contributed by atoms with Gasteiger partial charge in [0.05, 0.1) is 10.9 Å². The zero-order valence-corrected chi connectivity index (χ0v) is 26.5. The third kappa shape index (κ3) is 8.93. The number of carbonyl (C=O) groups excluding carboxylic acids is 1. The lowest BCUT2D eigenvalue weighted by atomic mass is 9.85. The lowest BCUT2D eigenvalue weighted by Gasteiger charge is -2.34. The van der Waals surface area contributed by atoms with Crippen LogP contribution in [0.15, 0.2) is 77.7 Å². The van der Waals surface area contributed by atoms with Gasteiger partial charge in [-0.2, -0.15) is 13.2 Å². The van der Waals surface area contributed by atoms with Gasteiger partial charge in [-0.05, 0) is 85.5 Å². The lowest BCUT2D eigenvalue weighted by molar-refractivity contribution is -0.164. The second-order valence-corrected chi connectivity index (χ2v) is 14.0. The Labute approximate surface area is 267 Å². The van der Waals surface area contributed by atoms with Crippen LogP contribution < -0.4 is 15.4 Å². The molecular weight excluding hydrogens is 620 g/mol. The summed E-state index contributed by atoms with van der Waals surface area (Å²) in [6, 6.07) is 18.3. The molecule has 1 aliphatic carbocycles. The summed E-state index contributed by atoms with van der Waals surface area (Å²) in [5.74, 6) is -0.636. The zero-order valence-electron chi connectivity index (χ0n) is 25.7. The van der Waals surface area contributed by atoms with E-state index in [-0.39, 0.29) is 41.2 Å². The molecule has 3 N–H and O–H groups in total. The Bertz CT molecular complexity index is 1580. The van der Waals surface area contributed by atoms with Crippen LogP contribution in [0.1, 0.15) is 49.8 Å². The summed E-state index contributed by atoms with van der Waals surface area (Å²) < 4.78 is 81.7. The minimum atomic E-state index is -4.27. The number of sulfonamides is 1. The van der Waals surface area contributed by atoms with Gasteiger partial charge in [0.1, 0.15) is 11.9 Å². The first-order valence-electron chi connectivity index (χ1n) is 15.7. The largest absolute Gasteiger partial charge is 0.405 e. The number of amides is 1. The van der Waals surface area contributed by atoms with E-state index in [4.69, 9.17) is 0 Å². The van der Waals surface area contributed by atoms with Crippen LogP contribution >= 0.6 is 0 Å². The van der Waals surface area contributed by atoms with E-state index in [2.05, 4.69) is 15.4 Å². The maximum atomic E-state index is 13.2. The van der Waals surface area contributed by atoms with Crippen LogP contribution in [0.5, 0.6) is 0 Å². The molecule has 1 heterocycles. The molecule has 2 unspecified atom stereocenters. The molecule has 46 heavy (non-hydrogen) atoms. The number of piperazine rings is 1. The van der Waals surface area contributed by atoms with E-state index >= 15 is 0 Å². The monoisotopic (exact) mass is 660 g/mol. The number of hydrogen-bond acceptors (Lipinski definition) is 5. The van der Waals surface area contributed by atoms with Crippen molar-refractivity contribution in [2.24, 2.45) is 5.92 Å². The summed E-state index contributed by atoms with van der Waals surface area (Å²) in [5.41, 5.74) is 3.54. The molecule has 1 saturated heterocycles. The van der Waals surface area contributed by atoms with Crippen molar-refractivity contribution in [2.75, 3.05) is 26.2 Å². The smallest absolute Gasteiger partial charge is 0.349 e. The molecule has 12 heteroatoms. The number of carbonyl (C=O) groups is 1. The molecule has 1 amide bonds. The van der Waals surface area contributed by atoms with Gasteiger partial charge in [0.15, 0.2) is 0 Å². The van der Waals surface area contributed by atoms with Crippen LogP contribution in [0.2, 0.25) is 0 Å². The molecule has 0 spiro atoms. The van der Waals surface area contributed by atoms with Gasteiger partial charge >= 0.3 is 6.18 Å². The highest BCUT2D eigenvalue weighted by atomic mass is 32.2. The summed E-state index contributed by atoms with van der Waals surface area (Å²) in [7, 11) is -3.77. The van der Waals surface area contributed by atoms with E-state index < -0.39 is 22.2 Å². The number of halogens is 4. The van der Waals surface area contributed by atoms with Crippen LogP contribution in [0, 0.1) is 11.7 Å². The molecule has 1 aliphatic heterocycles. The van der Waals surface area contributed by atoms with Crippen molar-refractivity contribution in [2.45, 2.75) is 68.2 Å². The highest BCUT2D eigenvalue weighted by molar-refractivity contribution is 7.89. The minimum absolute atomic E-state index is 0.0674. The van der Waals surface area contributed by atoms with E-state index in [9.17, 15) is 30.8 Å². The maximum Gasteiger partial charge on any atom is 0.405 e. The van der Waals surface area contributed by atoms with Crippen LogP contribution in [-0.2, 0) is 21.2 Å². The van der Waals surface area contributed by atoms with Crippen molar-refractivity contribution < 1.29 is 30.8 Å². The van der Waals surface area contributed by atoms with E-state index in [1.807, 2.05) is 36.1 Å². The van der Waals surface area contributed by atoms with Gasteiger partial charge in [0.2, 0.25) is 15.9 Å². The number of nitrogens with one attached hydrogen (secondary N) is 3. The van der Waals surface area contributed by atoms with E-state index in [0.717, 1.165) is 22.3 Å². The SMILES string of the molecule is CC(NC(=O)C1CCC(NS(=O)(=O)c2ccc(-c3cccc(CCN4CCNC(C(F)(F)F)C4)c3)cc2)CC1)c1ccc(F)cc1. The Balaban J connectivity index is 1.11. The first-order valence-corrected chi connectivity index (χ1v) is 17.2. The van der Waals surface area contributed by atoms with E-state index in [1.54, 1.807) is 36.4 Å². The molecule has 5 rings (SSSR count). The molecule has 7 nitrogen and oxygen atoms in total. The molecule has 0 radical (unpaired) electrons. The fourth-order valence-corrected chi connectivity index (χ4v) is 7.49. The average Bonchev–Trinajstić information content (AvgIpc) is 3.04. The Kier molecular flexibility index (Phi) is 10.8. The molecule has 3 aromatic carbocycles. The molecule has 248 valence electrons. The van der Waals surface area contributed by atoms with Gasteiger partial charge in [-0.15, -0.1) is 0 Å². The Morgan fingerprint density at radius 2 is 1.67 bits per heavy atom. The van der Waals surface area contributed by atoms with Gasteiger partial charge in [-0.25, -0.2) is 17.5 Å². The van der Waals surface area contributed by atoms with Crippen LogP contribution in [0.3, 0.4) is 0 Å². The fourth-order valence-electron chi connectivity index (χ4n) is 6.18. The van der Waals surface area contributed by atoms with Crippen LogP contribution in [-0.4, -0.2) is 63.7 Å². The fraction of sp³-hybridized carbons (Fsp3) is 0.441. The van der Waals surface area contributed by atoms with Crippen LogP contribution in [0.4, 0.5) is 17.6 Å². The lowest BCUT2D eigenvalue weighted by Crippen LogP contribution is -2.57. The Hall–Kier alpha value is -3.32. The van der Waals surface area contributed by atoms with Crippen molar-refractivity contribution in [1.29, 1.82) is 0 Å². The van der Waals surface area contributed by atoms with Gasteiger partial charge in [-0.1, -0.05) is 48.5 Å². The van der Waals surface area contributed by atoms with Crippen molar-refractivity contribution in [1.82, 2.24) is 20.3 Å². The molecule has 0 aromatic heterocycles. The molecule has 2 aliphatic rings. The van der Waals surface area contributed by atoms with Gasteiger partial charge in [-0.3, -0.25) is 9.69 Å². The number of nitrogens with zero attached hydrogens (tertiary/aromatic N) is 1. The maximum absolute atomic E-state index is 13.2. The van der Waals surface area contributed by atoms with Crippen molar-refractivity contribution in [3.8, 4) is 11.1 Å². The zero-order chi connectivity index (χ0) is 32.9. The second-order valence-electron chi connectivity index (χ2n) is 12.3. The van der Waals surface area contributed by atoms with Crippen molar-refractivity contribution in [3.05, 3.63) is 89.7 Å². The normalized spacial score (nSPS) is 21.9. The number of benzene rings is 3. The van der Waals surface area contributed by atoms with Gasteiger partial charge in [0, 0.05) is 38.1 Å². The summed E-state index contributed by atoms with van der Waals surface area (Å²) in [4.78, 5) is 14.8. The average molecular weight is 661 g/mol. The third-order valence-corrected chi connectivity index (χ3v) is 10.5. The number of alkyl halides is 3. The van der Waals surface area contributed by atoms with E-state index in [1.165, 1.54) is 12.1 Å². The summed E-state index contributed by atoms with van der Waals surface area (Å²) in [5, 5.41) is 5.52. The highest BCUT2D eigenvalue weighted by Gasteiger charge is 2.41. The Morgan fingerprint density at radius 1 is 0.978 bits per heavy atom. The predicted octanol–water partition coefficient (Wildman–Crippen LogP) is 5.59. The quantitative estimate of drug-likeness (QED) is 0.247. The van der Waals surface area contributed by atoms with Gasteiger partial charge in [0.25, 0.3) is 0 Å². The minimum Gasteiger partial charge on any atom is -0.349 e. The Morgan fingerprint density at radius 3 is 2.35 bits per heavy atom. The second kappa shape index (κ2) is 14.6. The number of hydrogen-bond donors (Lipinski definition) is 3. The summed E-state index contributed by atoms with van der Waals surface area (Å²) >= 11 is 0. The van der Waals surface area contributed by atoms with E-state index in [0.29, 0.717) is 51.7 Å². The molecule has 3 aromatic rings. The topological polar surface area (TPSA) is 90.5 Å². The molecule has 1 saturated carbocycles. The predicted molar refractivity (Wildman–Crippen MR) is 169 cm³/mol. The first kappa shape index (κ1) is 34.0. The van der Waals surface area contributed by atoms with Gasteiger partial charge < -0.3 is 10.6 Å². The summed E-state index contributed by atoms with van der Waals surface area (Å²) in [6.07, 6.45) is -1.47. The molecule has 0 bridgehead atoms. The third-order valence-electron chi connectivity index (χ3n) is 8.94. The standard InChI is InChI=1S/C34H40F4N4O3S/c1-23(25-5-11-29(35)12-6-25)40-33(43)27-7-13-30(14-8-27)41-46(44,45)31-15-9-26(10-16-31)28-4-2-3-24(21-28)17-19-42-20-18-39-32(22-42)34(36,37)38/h2-6,9-12,15-16,21,23,27,30,32,39,41H,7-8,13-14,17-20,22H2,1H3,(H,40,43). The highest BCUT2D eigenvalue weighted by Crippen LogP contribution is 2.28. The first-order chi connectivity index (χ1) is 21.9. The molecular formula is C34H40F4N4O3S. The number of rotatable bonds is 10. The molecule has 2 atom stereocenters. The van der Waals surface area contributed by atoms with Crippen molar-refractivity contribution >= 4 is 15.9 Å².